The molecule has 1 aromatic heterocycles. The van der Waals surface area contributed by atoms with Crippen molar-refractivity contribution < 1.29 is 19.1 Å². The van der Waals surface area contributed by atoms with Crippen LogP contribution in [0.2, 0.25) is 0 Å². The number of hydrogen-bond donors (Lipinski definition) is 1. The van der Waals surface area contributed by atoms with Gasteiger partial charge in [0, 0.05) is 16.9 Å². The van der Waals surface area contributed by atoms with Gasteiger partial charge in [-0.15, -0.1) is 11.3 Å². The molecule has 2 aromatic rings. The number of fused-ring (bicyclic) bond motifs is 2. The summed E-state index contributed by atoms with van der Waals surface area (Å²) in [4.78, 5) is 45.5. The van der Waals surface area contributed by atoms with Crippen LogP contribution >= 0.6 is 11.3 Å². The van der Waals surface area contributed by atoms with Gasteiger partial charge in [0.1, 0.15) is 12.3 Å². The van der Waals surface area contributed by atoms with Gasteiger partial charge in [0.2, 0.25) is 5.91 Å². The Labute approximate surface area is 204 Å². The third-order valence-electron chi connectivity index (χ3n) is 6.68. The number of nitrogens with zero attached hydrogens (tertiary/aromatic N) is 2. The van der Waals surface area contributed by atoms with Crippen LogP contribution in [-0.4, -0.2) is 35.2 Å². The summed E-state index contributed by atoms with van der Waals surface area (Å²) in [5, 5.41) is 3.47. The Bertz CT molecular complexity index is 1120. The fourth-order valence-electron chi connectivity index (χ4n) is 4.58. The van der Waals surface area contributed by atoms with E-state index in [0.29, 0.717) is 34.5 Å². The summed E-state index contributed by atoms with van der Waals surface area (Å²) in [5.41, 5.74) is 2.27. The van der Waals surface area contributed by atoms with E-state index in [-0.39, 0.29) is 29.6 Å². The van der Waals surface area contributed by atoms with Gasteiger partial charge < -0.3 is 10.1 Å². The highest BCUT2D eigenvalue weighted by atomic mass is 32.1. The molecule has 2 amide bonds. The van der Waals surface area contributed by atoms with Crippen molar-refractivity contribution in [3.63, 3.8) is 0 Å². The van der Waals surface area contributed by atoms with E-state index in [1.165, 1.54) is 21.1 Å². The van der Waals surface area contributed by atoms with Gasteiger partial charge >= 0.3 is 0 Å². The number of rotatable bonds is 6. The number of Topliss-reactive ketones (excluding diaryl/α,β-unsaturated/α-hetero) is 1. The predicted molar refractivity (Wildman–Crippen MR) is 134 cm³/mol. The maximum Gasteiger partial charge on any atom is 0.268 e. The Kier molecular flexibility index (Phi) is 6.80. The summed E-state index contributed by atoms with van der Waals surface area (Å²) < 4.78 is 5.72. The van der Waals surface area contributed by atoms with Gasteiger partial charge in [-0.3, -0.25) is 19.3 Å². The number of hydrogen-bond acceptors (Lipinski definition) is 6. The number of amides is 2. The molecule has 7 nitrogen and oxygen atoms in total. The molecule has 2 heterocycles. The Hall–Kier alpha value is -2.74. The van der Waals surface area contributed by atoms with Crippen LogP contribution in [-0.2, 0) is 22.4 Å². The SMILES string of the molecule is CCCC(=O)c1ccc2c(c1)N(CC(=O)Nc1nc3c(s1)CC(C(C)(C)C)CC3)C(=O)C(C)O2. The number of nitrogens with one attached hydrogen (secondary N) is 1. The molecule has 0 saturated carbocycles. The smallest absolute Gasteiger partial charge is 0.268 e. The minimum atomic E-state index is -0.709. The van der Waals surface area contributed by atoms with E-state index in [1.54, 1.807) is 25.1 Å². The van der Waals surface area contributed by atoms with Crippen LogP contribution in [0.25, 0.3) is 0 Å². The largest absolute Gasteiger partial charge is 0.479 e. The van der Waals surface area contributed by atoms with Crippen molar-refractivity contribution in [3.05, 3.63) is 34.3 Å². The standard InChI is InChI=1S/C26H33N3O4S/c1-6-7-20(30)16-8-11-21-19(12-16)29(24(32)15(2)33-21)14-23(31)28-25-27-18-10-9-17(26(3,4)5)13-22(18)34-25/h8,11-12,15,17H,6-7,9-10,13-14H2,1-5H3,(H,27,28,31). The number of aryl methyl sites for hydroxylation is 1. The van der Waals surface area contributed by atoms with E-state index in [0.717, 1.165) is 31.4 Å². The number of ether oxygens (including phenoxy) is 1. The molecule has 0 radical (unpaired) electrons. The van der Waals surface area contributed by atoms with Crippen molar-refractivity contribution >= 4 is 39.8 Å². The van der Waals surface area contributed by atoms with Crippen molar-refractivity contribution in [2.45, 2.75) is 72.8 Å². The number of carbonyl (C=O) groups is 3. The number of carbonyl (C=O) groups excluding carboxylic acids is 3. The first-order valence-electron chi connectivity index (χ1n) is 12.0. The molecule has 1 N–H and O–H groups in total. The molecule has 34 heavy (non-hydrogen) atoms. The Morgan fingerprint density at radius 3 is 2.76 bits per heavy atom. The van der Waals surface area contributed by atoms with Crippen LogP contribution in [0, 0.1) is 11.3 Å². The van der Waals surface area contributed by atoms with E-state index in [9.17, 15) is 14.4 Å². The Morgan fingerprint density at radius 2 is 2.06 bits per heavy atom. The molecule has 2 atom stereocenters. The molecule has 2 unspecified atom stereocenters. The molecular formula is C26H33N3O4S. The molecule has 1 aliphatic heterocycles. The third-order valence-corrected chi connectivity index (χ3v) is 7.71. The van der Waals surface area contributed by atoms with Gasteiger partial charge in [-0.1, -0.05) is 27.7 Å². The molecule has 182 valence electrons. The zero-order chi connectivity index (χ0) is 24.6. The first kappa shape index (κ1) is 24.4. The van der Waals surface area contributed by atoms with E-state index < -0.39 is 6.10 Å². The normalized spacial score (nSPS) is 19.8. The summed E-state index contributed by atoms with van der Waals surface area (Å²) >= 11 is 1.53. The summed E-state index contributed by atoms with van der Waals surface area (Å²) in [6.45, 7) is 10.2. The van der Waals surface area contributed by atoms with Gasteiger partial charge in [-0.2, -0.15) is 0 Å². The molecule has 1 aliphatic carbocycles. The second kappa shape index (κ2) is 9.49. The third kappa shape index (κ3) is 5.02. The first-order valence-corrected chi connectivity index (χ1v) is 12.8. The fourth-order valence-corrected chi connectivity index (χ4v) is 5.69. The molecule has 0 saturated heterocycles. The summed E-state index contributed by atoms with van der Waals surface area (Å²) in [5.74, 6) is 0.456. The lowest BCUT2D eigenvalue weighted by Crippen LogP contribution is -2.47. The van der Waals surface area contributed by atoms with Gasteiger partial charge in [-0.25, -0.2) is 4.98 Å². The van der Waals surface area contributed by atoms with Crippen molar-refractivity contribution in [1.29, 1.82) is 0 Å². The highest BCUT2D eigenvalue weighted by Gasteiger charge is 2.34. The molecule has 8 heteroatoms. The van der Waals surface area contributed by atoms with Gasteiger partial charge in [-0.05, 0) is 62.1 Å². The number of anilines is 2. The second-order valence-corrected chi connectivity index (χ2v) is 11.4. The van der Waals surface area contributed by atoms with Crippen LogP contribution in [0.15, 0.2) is 18.2 Å². The first-order chi connectivity index (χ1) is 16.1. The van der Waals surface area contributed by atoms with Crippen molar-refractivity contribution in [2.75, 3.05) is 16.8 Å². The van der Waals surface area contributed by atoms with Crippen LogP contribution in [0.3, 0.4) is 0 Å². The molecule has 0 spiro atoms. The Balaban J connectivity index is 1.50. The van der Waals surface area contributed by atoms with E-state index in [1.807, 2.05) is 6.92 Å². The maximum atomic E-state index is 13.0. The lowest BCUT2D eigenvalue weighted by atomic mass is 9.73. The molecule has 2 aliphatic rings. The van der Waals surface area contributed by atoms with Crippen LogP contribution in [0.1, 0.15) is 74.8 Å². The molecule has 4 rings (SSSR count). The van der Waals surface area contributed by atoms with E-state index in [2.05, 4.69) is 31.1 Å². The summed E-state index contributed by atoms with van der Waals surface area (Å²) in [6.07, 6.45) is 3.46. The van der Waals surface area contributed by atoms with E-state index >= 15 is 0 Å². The van der Waals surface area contributed by atoms with Crippen molar-refractivity contribution in [3.8, 4) is 5.75 Å². The minimum Gasteiger partial charge on any atom is -0.479 e. The summed E-state index contributed by atoms with van der Waals surface area (Å²) in [6, 6.07) is 5.06. The van der Waals surface area contributed by atoms with Crippen molar-refractivity contribution in [2.24, 2.45) is 11.3 Å². The van der Waals surface area contributed by atoms with Gasteiger partial charge in [0.05, 0.1) is 11.4 Å². The molecule has 0 fully saturated rings. The van der Waals surface area contributed by atoms with Gasteiger partial charge in [0.15, 0.2) is 17.0 Å². The lowest BCUT2D eigenvalue weighted by Gasteiger charge is -2.33. The molecule has 1 aromatic carbocycles. The Morgan fingerprint density at radius 1 is 1.29 bits per heavy atom. The zero-order valence-electron chi connectivity index (χ0n) is 20.6. The maximum absolute atomic E-state index is 13.0. The second-order valence-electron chi connectivity index (χ2n) is 10.3. The highest BCUT2D eigenvalue weighted by molar-refractivity contribution is 7.15. The predicted octanol–water partition coefficient (Wildman–Crippen LogP) is 5.03. The van der Waals surface area contributed by atoms with E-state index in [4.69, 9.17) is 4.74 Å². The van der Waals surface area contributed by atoms with Crippen molar-refractivity contribution in [1.82, 2.24) is 4.98 Å². The number of aromatic nitrogens is 1. The topological polar surface area (TPSA) is 88.6 Å². The number of ketones is 1. The number of thiazole rings is 1. The van der Waals surface area contributed by atoms with Crippen LogP contribution < -0.4 is 15.0 Å². The highest BCUT2D eigenvalue weighted by Crippen LogP contribution is 2.40. The number of benzene rings is 1. The average molecular weight is 484 g/mol. The quantitative estimate of drug-likeness (QED) is 0.582. The monoisotopic (exact) mass is 483 g/mol. The fraction of sp³-hybridized carbons (Fsp3) is 0.538. The summed E-state index contributed by atoms with van der Waals surface area (Å²) in [7, 11) is 0. The molecule has 0 bridgehead atoms. The van der Waals surface area contributed by atoms with Crippen LogP contribution in [0.5, 0.6) is 5.75 Å². The van der Waals surface area contributed by atoms with Crippen LogP contribution in [0.4, 0.5) is 10.8 Å². The minimum absolute atomic E-state index is 0.00250. The zero-order valence-corrected chi connectivity index (χ0v) is 21.4. The van der Waals surface area contributed by atoms with Gasteiger partial charge in [0.25, 0.3) is 5.91 Å². The lowest BCUT2D eigenvalue weighted by molar-refractivity contribution is -0.127. The molecular weight excluding hydrogens is 450 g/mol. The average Bonchev–Trinajstić information content (AvgIpc) is 3.17.